The average molecular weight is 773 g/mol. The van der Waals surface area contributed by atoms with Crippen molar-refractivity contribution < 1.29 is 34.7 Å². The number of ether oxygens (including phenoxy) is 1. The second kappa shape index (κ2) is 11.7. The van der Waals surface area contributed by atoms with Crippen LogP contribution in [-0.4, -0.2) is 15.9 Å². The summed E-state index contributed by atoms with van der Waals surface area (Å²) in [6.45, 7) is 15.5. The SMILES string of the molecule is CC(C)(C)C(=O)/C=C(\O)C(C)(C)C.Cc1cc(C)c2ccc3c4ccnc5c4c(cc3c2c1)Oc1cc2ccccc2[c-]c1-5.[Ir]. The average Bonchev–Trinajstić information content (AvgIpc) is 2.95. The second-order valence-electron chi connectivity index (χ2n) is 13.9. The van der Waals surface area contributed by atoms with Gasteiger partial charge in [-0.2, -0.15) is 0 Å². The molecule has 1 radical (unpaired) electrons. The number of aliphatic hydroxyl groups excluding tert-OH is 1. The van der Waals surface area contributed by atoms with E-state index < -0.39 is 5.41 Å². The molecule has 0 amide bonds. The molecule has 0 spiro atoms. The third-order valence-corrected chi connectivity index (χ3v) is 8.28. The first-order valence-electron chi connectivity index (χ1n) is 15.1. The summed E-state index contributed by atoms with van der Waals surface area (Å²) in [7, 11) is 0. The molecule has 0 bridgehead atoms. The molecule has 1 aromatic heterocycles. The number of nitrogens with zero attached hydrogens (tertiary/aromatic N) is 1. The molecule has 5 aromatic carbocycles. The third-order valence-electron chi connectivity index (χ3n) is 8.28. The van der Waals surface area contributed by atoms with Gasteiger partial charge in [-0.1, -0.05) is 107 Å². The van der Waals surface area contributed by atoms with Gasteiger partial charge < -0.3 is 9.84 Å². The van der Waals surface area contributed by atoms with Crippen LogP contribution in [0.1, 0.15) is 52.7 Å². The van der Waals surface area contributed by atoms with Crippen LogP contribution >= 0.6 is 0 Å². The number of aromatic nitrogens is 1. The predicted molar refractivity (Wildman–Crippen MR) is 183 cm³/mol. The van der Waals surface area contributed by atoms with Gasteiger partial charge in [0.1, 0.15) is 11.5 Å². The number of rotatable bonds is 1. The number of aryl methyl sites for hydroxylation is 2. The van der Waals surface area contributed by atoms with E-state index >= 15 is 0 Å². The number of fused-ring (bicyclic) bond motifs is 7. The number of ketones is 1. The van der Waals surface area contributed by atoms with Crippen molar-refractivity contribution >= 4 is 48.9 Å². The second-order valence-corrected chi connectivity index (χ2v) is 13.9. The number of hydrogen-bond donors (Lipinski definition) is 1. The Morgan fingerprint density at radius 2 is 1.49 bits per heavy atom. The molecule has 45 heavy (non-hydrogen) atoms. The predicted octanol–water partition coefficient (Wildman–Crippen LogP) is 11.0. The largest absolute Gasteiger partial charge is 0.512 e. The zero-order chi connectivity index (χ0) is 31.6. The number of hydrogen-bond acceptors (Lipinski definition) is 4. The van der Waals surface area contributed by atoms with Crippen molar-refractivity contribution in [3.63, 3.8) is 0 Å². The number of aliphatic hydroxyl groups is 1. The maximum absolute atomic E-state index is 11.5. The van der Waals surface area contributed by atoms with Crippen LogP contribution in [0.3, 0.4) is 0 Å². The Balaban J connectivity index is 0.000000246. The van der Waals surface area contributed by atoms with Crippen molar-refractivity contribution in [2.24, 2.45) is 10.8 Å². The standard InChI is InChI=1S/C29H18NO.C11H20O2.Ir/c1-16-11-17(2)20-7-8-21-22-9-10-30-29-25-13-18-5-3-4-6-19(18)14-26(25)31-27(28(22)29)15-24(21)23(20)12-16;1-10(2,3)8(12)7-9(13)11(4,5)6;/h3-12,14-15H,1-2H3;7,12H,1-6H3;/q-1;;/b;8-7-;. The fraction of sp³-hybridized carbons (Fsp3) is 0.250. The molecule has 4 nitrogen and oxygen atoms in total. The van der Waals surface area contributed by atoms with Crippen LogP contribution in [-0.2, 0) is 24.9 Å². The molecular formula is C40H38IrNO3-. The topological polar surface area (TPSA) is 59.4 Å². The van der Waals surface area contributed by atoms with Crippen LogP contribution < -0.4 is 4.74 Å². The maximum atomic E-state index is 11.5. The van der Waals surface area contributed by atoms with Crippen molar-refractivity contribution in [1.82, 2.24) is 4.98 Å². The van der Waals surface area contributed by atoms with E-state index in [9.17, 15) is 9.90 Å². The van der Waals surface area contributed by atoms with Crippen LogP contribution in [0.25, 0.3) is 54.3 Å². The summed E-state index contributed by atoms with van der Waals surface area (Å²) in [6, 6.07) is 27.2. The molecule has 231 valence electrons. The van der Waals surface area contributed by atoms with Crippen molar-refractivity contribution in [3.8, 4) is 22.8 Å². The summed E-state index contributed by atoms with van der Waals surface area (Å²) in [5, 5.41) is 19.0. The minimum atomic E-state index is -0.417. The molecular weight excluding hydrogens is 735 g/mol. The molecule has 1 N–H and O–H groups in total. The van der Waals surface area contributed by atoms with Crippen LogP contribution in [0.15, 0.2) is 84.8 Å². The number of benzene rings is 5. The van der Waals surface area contributed by atoms with Gasteiger partial charge in [-0.25, -0.2) is 0 Å². The molecule has 1 aliphatic heterocycles. The Hall–Kier alpha value is -4.05. The van der Waals surface area contributed by atoms with Gasteiger partial charge in [0.25, 0.3) is 0 Å². The zero-order valence-electron chi connectivity index (χ0n) is 27.0. The summed E-state index contributed by atoms with van der Waals surface area (Å²) in [5.41, 5.74) is 3.69. The van der Waals surface area contributed by atoms with E-state index in [0.29, 0.717) is 0 Å². The number of allylic oxidation sites excluding steroid dienone is 2. The van der Waals surface area contributed by atoms with Crippen molar-refractivity contribution in [2.75, 3.05) is 0 Å². The Bertz CT molecular complexity index is 2160. The number of carbonyl (C=O) groups is 1. The van der Waals surface area contributed by atoms with E-state index in [2.05, 4.69) is 74.5 Å². The minimum absolute atomic E-state index is 0. The van der Waals surface area contributed by atoms with E-state index in [1.807, 2.05) is 59.9 Å². The fourth-order valence-electron chi connectivity index (χ4n) is 5.70. The van der Waals surface area contributed by atoms with E-state index in [-0.39, 0.29) is 37.1 Å². The summed E-state index contributed by atoms with van der Waals surface area (Å²) < 4.78 is 6.50. The van der Waals surface area contributed by atoms with Crippen molar-refractivity contribution in [2.45, 2.75) is 55.4 Å². The molecule has 0 saturated heterocycles. The molecule has 6 aromatic rings. The fourth-order valence-corrected chi connectivity index (χ4v) is 5.70. The van der Waals surface area contributed by atoms with Crippen molar-refractivity contribution in [1.29, 1.82) is 0 Å². The van der Waals surface area contributed by atoms with E-state index in [1.54, 1.807) is 0 Å². The van der Waals surface area contributed by atoms with Gasteiger partial charge in [0, 0.05) is 54.3 Å². The summed E-state index contributed by atoms with van der Waals surface area (Å²) in [4.78, 5) is 16.3. The van der Waals surface area contributed by atoms with Gasteiger partial charge in [-0.3, -0.25) is 9.78 Å². The molecule has 0 aliphatic carbocycles. The normalized spacial score (nSPS) is 12.8. The Labute approximate surface area is 278 Å². The van der Waals surface area contributed by atoms with Gasteiger partial charge in [0.05, 0.1) is 5.75 Å². The Morgan fingerprint density at radius 1 is 0.800 bits per heavy atom. The summed E-state index contributed by atoms with van der Waals surface area (Å²) in [6.07, 6.45) is 3.24. The third kappa shape index (κ3) is 6.00. The molecule has 0 atom stereocenters. The molecule has 5 heteroatoms. The van der Waals surface area contributed by atoms with Crippen LogP contribution in [0.5, 0.6) is 11.5 Å². The van der Waals surface area contributed by atoms with E-state index in [4.69, 9.17) is 9.72 Å². The van der Waals surface area contributed by atoms with Gasteiger partial charge in [0.2, 0.25) is 0 Å². The monoisotopic (exact) mass is 773 g/mol. The summed E-state index contributed by atoms with van der Waals surface area (Å²) in [5.74, 6) is 1.79. The first-order valence-corrected chi connectivity index (χ1v) is 15.1. The van der Waals surface area contributed by atoms with Crippen LogP contribution in [0.4, 0.5) is 0 Å². The molecule has 7 rings (SSSR count). The van der Waals surface area contributed by atoms with E-state index in [1.165, 1.54) is 44.1 Å². The minimum Gasteiger partial charge on any atom is -0.512 e. The van der Waals surface area contributed by atoms with Crippen molar-refractivity contribution in [3.05, 3.63) is 102 Å². The molecule has 0 unspecified atom stereocenters. The summed E-state index contributed by atoms with van der Waals surface area (Å²) >= 11 is 0. The van der Waals surface area contributed by atoms with Crippen LogP contribution in [0.2, 0.25) is 0 Å². The number of pyridine rings is 1. The van der Waals surface area contributed by atoms with Gasteiger partial charge >= 0.3 is 0 Å². The zero-order valence-corrected chi connectivity index (χ0v) is 29.4. The van der Waals surface area contributed by atoms with Gasteiger partial charge in [0.15, 0.2) is 5.78 Å². The van der Waals surface area contributed by atoms with Gasteiger partial charge in [-0.15, -0.1) is 17.5 Å². The Morgan fingerprint density at radius 3 is 2.20 bits per heavy atom. The number of carbonyl (C=O) groups excluding carboxylic acids is 1. The Kier molecular flexibility index (Phi) is 8.42. The molecule has 1 aliphatic rings. The first kappa shape index (κ1) is 32.3. The first-order chi connectivity index (χ1) is 20.7. The smallest absolute Gasteiger partial charge is 0.164 e. The van der Waals surface area contributed by atoms with E-state index in [0.717, 1.165) is 38.9 Å². The van der Waals surface area contributed by atoms with Gasteiger partial charge in [-0.05, 0) is 58.5 Å². The molecule has 2 heterocycles. The quantitative estimate of drug-likeness (QED) is 0.0781. The molecule has 0 fully saturated rings. The maximum Gasteiger partial charge on any atom is 0.164 e. The van der Waals surface area contributed by atoms with Crippen LogP contribution in [0, 0.1) is 30.7 Å². The molecule has 0 saturated carbocycles.